The molecule has 7 nitrogen and oxygen atoms in total. The Bertz CT molecular complexity index is 603. The molecule has 146 valence electrons. The van der Waals surface area contributed by atoms with E-state index >= 15 is 0 Å². The monoisotopic (exact) mass is 367 g/mol. The number of esters is 1. The molecule has 1 heterocycles. The number of carboxylic acid groups (broad SMARTS) is 1. The molecule has 0 aromatic heterocycles. The summed E-state index contributed by atoms with van der Waals surface area (Å²) in [6, 6.07) is -0.108. The van der Waals surface area contributed by atoms with Gasteiger partial charge in [-0.05, 0) is 50.4 Å². The van der Waals surface area contributed by atoms with E-state index in [-0.39, 0.29) is 47.2 Å². The quantitative estimate of drug-likeness (QED) is 0.743. The topological polar surface area (TPSA) is 102 Å². The van der Waals surface area contributed by atoms with Gasteiger partial charge in [0.2, 0.25) is 0 Å². The number of rotatable bonds is 3. The lowest BCUT2D eigenvalue weighted by Gasteiger charge is -2.55. The van der Waals surface area contributed by atoms with Crippen molar-refractivity contribution in [2.45, 2.75) is 59.1 Å². The SMILES string of the molecule is CCOC(=O)NC1CC[C@H]2[C@H](C(=O)O)[C@@H]3[C@@H](C)OC(=O)[C@@H]3C[C@@H]2C1(C)C. The highest BCUT2D eigenvalue weighted by molar-refractivity contribution is 5.79. The minimum Gasteiger partial charge on any atom is -0.481 e. The Morgan fingerprint density at radius 2 is 2.04 bits per heavy atom. The van der Waals surface area contributed by atoms with Crippen LogP contribution in [-0.2, 0) is 19.1 Å². The number of carbonyl (C=O) groups is 3. The number of carbonyl (C=O) groups excluding carboxylic acids is 2. The minimum atomic E-state index is -0.840. The lowest BCUT2D eigenvalue weighted by Crippen LogP contribution is -2.59. The molecule has 26 heavy (non-hydrogen) atoms. The van der Waals surface area contributed by atoms with E-state index in [1.165, 1.54) is 0 Å². The lowest BCUT2D eigenvalue weighted by atomic mass is 9.50. The molecule has 1 saturated heterocycles. The number of hydrogen-bond acceptors (Lipinski definition) is 5. The van der Waals surface area contributed by atoms with Gasteiger partial charge in [-0.2, -0.15) is 0 Å². The standard InChI is InChI=1S/C19H29NO6/c1-5-25-18(24)20-13-7-6-10-12(19(13,3)4)8-11-14(15(10)16(21)22)9(2)26-17(11)23/h9-15H,5-8H2,1-4H3,(H,20,24)(H,21,22)/t9-,10-,11-,12+,13?,14-,15+/m1/s1. The van der Waals surface area contributed by atoms with Crippen molar-refractivity contribution in [3.05, 3.63) is 0 Å². The molecular formula is C19H29NO6. The number of amides is 1. The van der Waals surface area contributed by atoms with E-state index in [1.54, 1.807) is 13.8 Å². The summed E-state index contributed by atoms with van der Waals surface area (Å²) >= 11 is 0. The lowest BCUT2D eigenvalue weighted by molar-refractivity contribution is -0.157. The van der Waals surface area contributed by atoms with E-state index in [2.05, 4.69) is 19.2 Å². The van der Waals surface area contributed by atoms with Gasteiger partial charge in [0.15, 0.2) is 0 Å². The maximum Gasteiger partial charge on any atom is 0.407 e. The van der Waals surface area contributed by atoms with E-state index in [0.29, 0.717) is 25.9 Å². The number of ether oxygens (including phenoxy) is 2. The van der Waals surface area contributed by atoms with E-state index in [1.807, 2.05) is 0 Å². The van der Waals surface area contributed by atoms with Crippen molar-refractivity contribution in [2.24, 2.45) is 35.0 Å². The number of fused-ring (bicyclic) bond motifs is 2. The Kier molecular flexibility index (Phi) is 4.92. The van der Waals surface area contributed by atoms with Crippen molar-refractivity contribution >= 4 is 18.0 Å². The molecule has 0 bridgehead atoms. The molecule has 0 aromatic carbocycles. The number of alkyl carbamates (subject to hydrolysis) is 1. The third-order valence-electron chi connectivity index (χ3n) is 7.01. The van der Waals surface area contributed by atoms with Crippen LogP contribution in [0.4, 0.5) is 4.79 Å². The second kappa shape index (κ2) is 6.74. The predicted molar refractivity (Wildman–Crippen MR) is 92.2 cm³/mol. The van der Waals surface area contributed by atoms with E-state index < -0.39 is 18.0 Å². The molecule has 3 rings (SSSR count). The normalized spacial score (nSPS) is 40.8. The summed E-state index contributed by atoms with van der Waals surface area (Å²) in [7, 11) is 0. The molecule has 2 aliphatic carbocycles. The Labute approximate surface area is 153 Å². The number of cyclic esters (lactones) is 1. The fourth-order valence-corrected chi connectivity index (χ4v) is 5.76. The van der Waals surface area contributed by atoms with Gasteiger partial charge in [0.1, 0.15) is 6.10 Å². The highest BCUT2D eigenvalue weighted by atomic mass is 16.6. The van der Waals surface area contributed by atoms with E-state index in [9.17, 15) is 19.5 Å². The van der Waals surface area contributed by atoms with Gasteiger partial charge < -0.3 is 19.9 Å². The first-order valence-electron chi connectivity index (χ1n) is 9.55. The fourth-order valence-electron chi connectivity index (χ4n) is 5.76. The van der Waals surface area contributed by atoms with Gasteiger partial charge in [-0.25, -0.2) is 4.79 Å². The van der Waals surface area contributed by atoms with Gasteiger partial charge in [-0.3, -0.25) is 9.59 Å². The van der Waals surface area contributed by atoms with Crippen LogP contribution in [0.15, 0.2) is 0 Å². The summed E-state index contributed by atoms with van der Waals surface area (Å²) in [5.41, 5.74) is -0.333. The maximum absolute atomic E-state index is 12.3. The fraction of sp³-hybridized carbons (Fsp3) is 0.842. The van der Waals surface area contributed by atoms with Gasteiger partial charge in [0, 0.05) is 12.0 Å². The minimum absolute atomic E-state index is 0.0130. The zero-order chi connectivity index (χ0) is 19.2. The zero-order valence-corrected chi connectivity index (χ0v) is 15.9. The first kappa shape index (κ1) is 19.0. The molecule has 1 amide bonds. The van der Waals surface area contributed by atoms with Crippen LogP contribution in [0.2, 0.25) is 0 Å². The molecule has 1 unspecified atom stereocenters. The predicted octanol–water partition coefficient (Wildman–Crippen LogP) is 2.44. The summed E-state index contributed by atoms with van der Waals surface area (Å²) in [5.74, 6) is -2.30. The van der Waals surface area contributed by atoms with Crippen molar-refractivity contribution in [3.63, 3.8) is 0 Å². The molecule has 1 aliphatic heterocycles. The third kappa shape index (κ3) is 2.95. The molecular weight excluding hydrogens is 338 g/mol. The van der Waals surface area contributed by atoms with Crippen LogP contribution >= 0.6 is 0 Å². The van der Waals surface area contributed by atoms with E-state index in [0.717, 1.165) is 0 Å². The second-order valence-corrected chi connectivity index (χ2v) is 8.51. The molecule has 7 atom stereocenters. The maximum atomic E-state index is 12.3. The Balaban J connectivity index is 1.88. The van der Waals surface area contributed by atoms with Crippen LogP contribution in [0.5, 0.6) is 0 Å². The van der Waals surface area contributed by atoms with Crippen LogP contribution in [0, 0.1) is 35.0 Å². The van der Waals surface area contributed by atoms with Gasteiger partial charge in [0.05, 0.1) is 18.4 Å². The van der Waals surface area contributed by atoms with E-state index in [4.69, 9.17) is 9.47 Å². The first-order chi connectivity index (χ1) is 12.2. The molecule has 2 saturated carbocycles. The Morgan fingerprint density at radius 3 is 2.65 bits per heavy atom. The molecule has 2 N–H and O–H groups in total. The van der Waals surface area contributed by atoms with Gasteiger partial charge in [0.25, 0.3) is 0 Å². The summed E-state index contributed by atoms with van der Waals surface area (Å²) in [6.07, 6.45) is 1.24. The highest BCUT2D eigenvalue weighted by Crippen LogP contribution is 2.58. The van der Waals surface area contributed by atoms with Crippen molar-refractivity contribution in [2.75, 3.05) is 6.61 Å². The average molecular weight is 367 g/mol. The Morgan fingerprint density at radius 1 is 1.35 bits per heavy atom. The number of carboxylic acids is 1. The van der Waals surface area contributed by atoms with Gasteiger partial charge >= 0.3 is 18.0 Å². The van der Waals surface area contributed by atoms with Crippen LogP contribution in [0.3, 0.4) is 0 Å². The number of aliphatic carboxylic acids is 1. The molecule has 0 radical (unpaired) electrons. The summed E-state index contributed by atoms with van der Waals surface area (Å²) < 4.78 is 10.4. The van der Waals surface area contributed by atoms with Crippen molar-refractivity contribution < 1.29 is 29.0 Å². The Hall–Kier alpha value is -1.79. The third-order valence-corrected chi connectivity index (χ3v) is 7.01. The smallest absolute Gasteiger partial charge is 0.407 e. The second-order valence-electron chi connectivity index (χ2n) is 8.51. The molecule has 7 heteroatoms. The van der Waals surface area contributed by atoms with Crippen molar-refractivity contribution in [1.29, 1.82) is 0 Å². The largest absolute Gasteiger partial charge is 0.481 e. The average Bonchev–Trinajstić information content (AvgIpc) is 2.83. The number of hydrogen-bond donors (Lipinski definition) is 2. The van der Waals surface area contributed by atoms with Crippen LogP contribution < -0.4 is 5.32 Å². The highest BCUT2D eigenvalue weighted by Gasteiger charge is 2.61. The van der Waals surface area contributed by atoms with Crippen molar-refractivity contribution in [1.82, 2.24) is 5.32 Å². The molecule has 3 aliphatic rings. The summed E-state index contributed by atoms with van der Waals surface area (Å²) in [5, 5.41) is 12.9. The van der Waals surface area contributed by atoms with Crippen LogP contribution in [-0.4, -0.2) is 41.9 Å². The molecule has 0 spiro atoms. The van der Waals surface area contributed by atoms with Crippen LogP contribution in [0.1, 0.15) is 47.0 Å². The van der Waals surface area contributed by atoms with Crippen LogP contribution in [0.25, 0.3) is 0 Å². The summed E-state index contributed by atoms with van der Waals surface area (Å²) in [6.45, 7) is 7.98. The molecule has 0 aromatic rings. The van der Waals surface area contributed by atoms with Gasteiger partial charge in [-0.15, -0.1) is 0 Å². The first-order valence-corrected chi connectivity index (χ1v) is 9.55. The molecule has 3 fully saturated rings. The van der Waals surface area contributed by atoms with Gasteiger partial charge in [-0.1, -0.05) is 13.8 Å². The summed E-state index contributed by atoms with van der Waals surface area (Å²) in [4.78, 5) is 36.3. The van der Waals surface area contributed by atoms with Crippen molar-refractivity contribution in [3.8, 4) is 0 Å². The number of nitrogens with one attached hydrogen (secondary N) is 1. The zero-order valence-electron chi connectivity index (χ0n) is 15.9.